The molecule has 1 aliphatic heterocycles. The molecule has 0 spiro atoms. The highest BCUT2D eigenvalue weighted by atomic mass is 32.2. The van der Waals surface area contributed by atoms with Gasteiger partial charge in [-0.25, -0.2) is 13.1 Å². The zero-order valence-corrected chi connectivity index (χ0v) is 13.6. The van der Waals surface area contributed by atoms with Gasteiger partial charge in [-0.15, -0.1) is 0 Å². The van der Waals surface area contributed by atoms with Gasteiger partial charge in [-0.05, 0) is 38.8 Å². The van der Waals surface area contributed by atoms with Crippen molar-refractivity contribution < 1.29 is 13.2 Å². The Morgan fingerprint density at radius 3 is 2.76 bits per heavy atom. The van der Waals surface area contributed by atoms with Crippen LogP contribution in [0, 0.1) is 0 Å². The van der Waals surface area contributed by atoms with Gasteiger partial charge in [-0.3, -0.25) is 0 Å². The summed E-state index contributed by atoms with van der Waals surface area (Å²) in [5.41, 5.74) is 0.454. The minimum absolute atomic E-state index is 0.295. The van der Waals surface area contributed by atoms with Crippen molar-refractivity contribution >= 4 is 10.0 Å². The van der Waals surface area contributed by atoms with Crippen molar-refractivity contribution in [2.45, 2.75) is 50.1 Å². The Balaban J connectivity index is 2.02. The van der Waals surface area contributed by atoms with Crippen LogP contribution in [-0.2, 0) is 21.3 Å². The molecule has 0 amide bonds. The first-order chi connectivity index (χ1) is 9.95. The van der Waals surface area contributed by atoms with Crippen LogP contribution in [0.3, 0.4) is 0 Å². The molecule has 6 nitrogen and oxygen atoms in total. The molecule has 1 saturated heterocycles. The first kappa shape index (κ1) is 16.5. The summed E-state index contributed by atoms with van der Waals surface area (Å²) in [6, 6.07) is 1.69. The third-order valence-electron chi connectivity index (χ3n) is 3.75. The van der Waals surface area contributed by atoms with Crippen LogP contribution in [0.15, 0.2) is 17.2 Å². The zero-order valence-electron chi connectivity index (χ0n) is 12.7. The monoisotopic (exact) mass is 315 g/mol. The first-order valence-corrected chi connectivity index (χ1v) is 8.93. The Morgan fingerprint density at radius 1 is 1.38 bits per heavy atom. The molecule has 2 rings (SSSR count). The molecule has 21 heavy (non-hydrogen) atoms. The van der Waals surface area contributed by atoms with Crippen LogP contribution in [0.2, 0.25) is 0 Å². The van der Waals surface area contributed by atoms with Crippen molar-refractivity contribution in [3.05, 3.63) is 18.0 Å². The number of aromatic amines is 1. The summed E-state index contributed by atoms with van der Waals surface area (Å²) in [5, 5.41) is 3.24. The van der Waals surface area contributed by atoms with E-state index in [1.807, 2.05) is 6.92 Å². The molecular weight excluding hydrogens is 290 g/mol. The molecule has 1 fully saturated rings. The number of rotatable bonds is 7. The number of aromatic nitrogens is 1. The second-order valence-corrected chi connectivity index (χ2v) is 7.50. The number of ether oxygens (including phenoxy) is 1. The smallest absolute Gasteiger partial charge is 0.242 e. The third-order valence-corrected chi connectivity index (χ3v) is 5.36. The van der Waals surface area contributed by atoms with Crippen molar-refractivity contribution in [3.8, 4) is 0 Å². The van der Waals surface area contributed by atoms with Gasteiger partial charge in [0.05, 0.1) is 4.90 Å². The fraction of sp³-hybridized carbons (Fsp3) is 0.714. The largest absolute Gasteiger partial charge is 0.381 e. The quantitative estimate of drug-likeness (QED) is 0.664. The van der Waals surface area contributed by atoms with Gasteiger partial charge >= 0.3 is 0 Å². The van der Waals surface area contributed by atoms with E-state index in [1.165, 1.54) is 0 Å². The molecule has 3 N–H and O–H groups in total. The van der Waals surface area contributed by atoms with Crippen LogP contribution in [-0.4, -0.2) is 38.7 Å². The number of nitrogens with one attached hydrogen (secondary N) is 3. The van der Waals surface area contributed by atoms with E-state index < -0.39 is 15.6 Å². The Morgan fingerprint density at radius 2 is 2.10 bits per heavy atom. The Kier molecular flexibility index (Phi) is 5.43. The molecule has 1 aromatic rings. The van der Waals surface area contributed by atoms with E-state index in [0.717, 1.165) is 18.7 Å². The van der Waals surface area contributed by atoms with E-state index in [4.69, 9.17) is 4.74 Å². The predicted molar refractivity (Wildman–Crippen MR) is 81.6 cm³/mol. The lowest BCUT2D eigenvalue weighted by Crippen LogP contribution is -2.49. The lowest BCUT2D eigenvalue weighted by Gasteiger charge is -2.33. The lowest BCUT2D eigenvalue weighted by atomic mass is 9.94. The van der Waals surface area contributed by atoms with Crippen LogP contribution in [0.5, 0.6) is 0 Å². The summed E-state index contributed by atoms with van der Waals surface area (Å²) in [6.45, 7) is 6.78. The van der Waals surface area contributed by atoms with Gasteiger partial charge in [0.25, 0.3) is 0 Å². The molecule has 0 aliphatic carbocycles. The Bertz CT molecular complexity index is 548. The van der Waals surface area contributed by atoms with Gasteiger partial charge in [-0.2, -0.15) is 0 Å². The molecule has 0 bridgehead atoms. The lowest BCUT2D eigenvalue weighted by molar-refractivity contribution is 0.0537. The number of sulfonamides is 1. The summed E-state index contributed by atoms with van der Waals surface area (Å²) in [7, 11) is -3.49. The molecule has 0 saturated carbocycles. The van der Waals surface area contributed by atoms with E-state index in [1.54, 1.807) is 12.3 Å². The molecule has 0 aromatic carbocycles. The van der Waals surface area contributed by atoms with Crippen molar-refractivity contribution in [2.24, 2.45) is 0 Å². The van der Waals surface area contributed by atoms with E-state index in [0.29, 0.717) is 37.5 Å². The summed E-state index contributed by atoms with van der Waals surface area (Å²) in [6.07, 6.45) is 3.99. The van der Waals surface area contributed by atoms with Crippen LogP contribution < -0.4 is 10.0 Å². The second kappa shape index (κ2) is 6.91. The van der Waals surface area contributed by atoms with Gasteiger partial charge in [0.2, 0.25) is 10.0 Å². The third kappa shape index (κ3) is 4.54. The summed E-state index contributed by atoms with van der Waals surface area (Å²) < 4.78 is 33.0. The second-order valence-electron chi connectivity index (χ2n) is 5.82. The van der Waals surface area contributed by atoms with Crippen LogP contribution >= 0.6 is 0 Å². The van der Waals surface area contributed by atoms with E-state index in [2.05, 4.69) is 21.9 Å². The maximum Gasteiger partial charge on any atom is 0.242 e. The van der Waals surface area contributed by atoms with Crippen molar-refractivity contribution in [1.82, 2.24) is 15.0 Å². The molecule has 120 valence electrons. The molecule has 0 unspecified atom stereocenters. The van der Waals surface area contributed by atoms with Gasteiger partial charge in [-0.1, -0.05) is 6.92 Å². The first-order valence-electron chi connectivity index (χ1n) is 7.45. The maximum atomic E-state index is 12.5. The Labute approximate surface area is 126 Å². The molecule has 7 heteroatoms. The van der Waals surface area contributed by atoms with Crippen LogP contribution in [0.1, 0.15) is 38.8 Å². The van der Waals surface area contributed by atoms with E-state index in [9.17, 15) is 8.42 Å². The van der Waals surface area contributed by atoms with E-state index in [-0.39, 0.29) is 0 Å². The molecular formula is C14H25N3O3S. The van der Waals surface area contributed by atoms with Gasteiger partial charge in [0, 0.05) is 37.2 Å². The van der Waals surface area contributed by atoms with Crippen LogP contribution in [0.4, 0.5) is 0 Å². The molecule has 0 atom stereocenters. The maximum absolute atomic E-state index is 12.5. The van der Waals surface area contributed by atoms with Crippen molar-refractivity contribution in [3.63, 3.8) is 0 Å². The molecule has 1 aliphatic rings. The highest BCUT2D eigenvalue weighted by molar-refractivity contribution is 7.89. The summed E-state index contributed by atoms with van der Waals surface area (Å²) in [4.78, 5) is 3.31. The van der Waals surface area contributed by atoms with Crippen LogP contribution in [0.25, 0.3) is 0 Å². The van der Waals surface area contributed by atoms with Gasteiger partial charge in [0.1, 0.15) is 0 Å². The van der Waals surface area contributed by atoms with E-state index >= 15 is 0 Å². The summed E-state index contributed by atoms with van der Waals surface area (Å²) >= 11 is 0. The normalized spacial score (nSPS) is 18.8. The van der Waals surface area contributed by atoms with Gasteiger partial charge in [0.15, 0.2) is 0 Å². The minimum atomic E-state index is -3.49. The van der Waals surface area contributed by atoms with Crippen molar-refractivity contribution in [2.75, 3.05) is 19.8 Å². The van der Waals surface area contributed by atoms with Gasteiger partial charge < -0.3 is 15.0 Å². The number of hydrogen-bond donors (Lipinski definition) is 3. The zero-order chi connectivity index (χ0) is 15.3. The minimum Gasteiger partial charge on any atom is -0.381 e. The molecule has 1 aromatic heterocycles. The number of H-pyrrole nitrogens is 1. The topological polar surface area (TPSA) is 83.2 Å². The average molecular weight is 315 g/mol. The highest BCUT2D eigenvalue weighted by Crippen LogP contribution is 2.23. The fourth-order valence-electron chi connectivity index (χ4n) is 2.38. The average Bonchev–Trinajstić information content (AvgIpc) is 2.88. The SMILES string of the molecule is CCCNCc1cc(S(=O)(=O)NC2(C)CCOCC2)c[nH]1. The molecule has 0 radical (unpaired) electrons. The highest BCUT2D eigenvalue weighted by Gasteiger charge is 2.32. The number of hydrogen-bond acceptors (Lipinski definition) is 4. The van der Waals surface area contributed by atoms with Crippen molar-refractivity contribution in [1.29, 1.82) is 0 Å². The standard InChI is InChI=1S/C14H25N3O3S/c1-3-6-15-10-12-9-13(11-16-12)21(18,19)17-14(2)4-7-20-8-5-14/h9,11,15-17H,3-8,10H2,1-2H3. The molecule has 2 heterocycles. The predicted octanol–water partition coefficient (Wildman–Crippen LogP) is 1.36. The summed E-state index contributed by atoms with van der Waals surface area (Å²) in [5.74, 6) is 0. The Hall–Kier alpha value is -0.890. The fourth-order valence-corrected chi connectivity index (χ4v) is 3.87.